The lowest BCUT2D eigenvalue weighted by Gasteiger charge is -2.20. The molecule has 0 bridgehead atoms. The number of nitriles is 1. The molecule has 0 saturated carbocycles. The number of amides is 1. The van der Waals surface area contributed by atoms with E-state index in [0.717, 1.165) is 5.56 Å². The first-order valence-electron chi connectivity index (χ1n) is 8.62. The van der Waals surface area contributed by atoms with E-state index in [0.29, 0.717) is 27.8 Å². The SMILES string of the molecule is CC(C)(C)c1cc(Cl)cc(C(=O)NCc2ncnn2-c2ccc(C#N)cn2)c1. The van der Waals surface area contributed by atoms with Gasteiger partial charge in [-0.15, -0.1) is 0 Å². The summed E-state index contributed by atoms with van der Waals surface area (Å²) < 4.78 is 1.51. The molecule has 0 saturated heterocycles. The van der Waals surface area contributed by atoms with Gasteiger partial charge in [0.25, 0.3) is 5.91 Å². The Bertz CT molecular complexity index is 1040. The summed E-state index contributed by atoms with van der Waals surface area (Å²) >= 11 is 6.19. The molecule has 0 unspecified atom stereocenters. The number of aromatic nitrogens is 4. The van der Waals surface area contributed by atoms with Gasteiger partial charge < -0.3 is 5.32 Å². The number of nitrogens with zero attached hydrogens (tertiary/aromatic N) is 5. The Hall–Kier alpha value is -3.24. The third-order valence-corrected chi connectivity index (χ3v) is 4.36. The lowest BCUT2D eigenvalue weighted by Crippen LogP contribution is -2.25. The second-order valence-electron chi connectivity index (χ2n) is 7.27. The van der Waals surface area contributed by atoms with E-state index in [2.05, 4.69) is 41.2 Å². The van der Waals surface area contributed by atoms with Crippen molar-refractivity contribution in [1.82, 2.24) is 25.1 Å². The van der Waals surface area contributed by atoms with Crippen molar-refractivity contribution in [1.29, 1.82) is 5.26 Å². The van der Waals surface area contributed by atoms with Crippen molar-refractivity contribution in [2.45, 2.75) is 32.7 Å². The summed E-state index contributed by atoms with van der Waals surface area (Å²) in [4.78, 5) is 21.0. The van der Waals surface area contributed by atoms with Crippen LogP contribution in [0.3, 0.4) is 0 Å². The van der Waals surface area contributed by atoms with Gasteiger partial charge >= 0.3 is 0 Å². The zero-order valence-corrected chi connectivity index (χ0v) is 16.5. The molecule has 2 aromatic heterocycles. The van der Waals surface area contributed by atoms with E-state index in [1.807, 2.05) is 18.2 Å². The van der Waals surface area contributed by atoms with E-state index in [-0.39, 0.29) is 17.9 Å². The maximum Gasteiger partial charge on any atom is 0.251 e. The molecule has 142 valence electrons. The molecule has 0 spiro atoms. The summed E-state index contributed by atoms with van der Waals surface area (Å²) in [6, 6.07) is 10.7. The fourth-order valence-electron chi connectivity index (χ4n) is 2.57. The lowest BCUT2D eigenvalue weighted by molar-refractivity contribution is 0.0949. The molecule has 0 atom stereocenters. The summed E-state index contributed by atoms with van der Waals surface area (Å²) in [5.41, 5.74) is 1.80. The first-order chi connectivity index (χ1) is 13.3. The Balaban J connectivity index is 1.77. The van der Waals surface area contributed by atoms with Gasteiger partial charge in [0.05, 0.1) is 12.1 Å². The largest absolute Gasteiger partial charge is 0.345 e. The van der Waals surface area contributed by atoms with Gasteiger partial charge in [0, 0.05) is 16.8 Å². The summed E-state index contributed by atoms with van der Waals surface area (Å²) in [7, 11) is 0. The van der Waals surface area contributed by atoms with Crippen LogP contribution in [-0.2, 0) is 12.0 Å². The molecular formula is C20H19ClN6O. The Morgan fingerprint density at radius 2 is 2.04 bits per heavy atom. The Labute approximate surface area is 168 Å². The van der Waals surface area contributed by atoms with E-state index in [4.69, 9.17) is 16.9 Å². The van der Waals surface area contributed by atoms with E-state index in [1.165, 1.54) is 17.2 Å². The third kappa shape index (κ3) is 4.35. The Morgan fingerprint density at radius 1 is 1.25 bits per heavy atom. The van der Waals surface area contributed by atoms with Crippen LogP contribution >= 0.6 is 11.6 Å². The van der Waals surface area contributed by atoms with Crippen LogP contribution in [0.15, 0.2) is 42.9 Å². The number of carbonyl (C=O) groups is 1. The van der Waals surface area contributed by atoms with Crippen molar-refractivity contribution in [2.75, 3.05) is 0 Å². The number of halogens is 1. The number of nitrogens with one attached hydrogen (secondary N) is 1. The molecule has 3 rings (SSSR count). The molecule has 3 aromatic rings. The van der Waals surface area contributed by atoms with E-state index in [9.17, 15) is 4.79 Å². The summed E-state index contributed by atoms with van der Waals surface area (Å²) in [5.74, 6) is 0.775. The minimum absolute atomic E-state index is 0.124. The van der Waals surface area contributed by atoms with Crippen molar-refractivity contribution in [3.8, 4) is 11.9 Å². The lowest BCUT2D eigenvalue weighted by atomic mass is 9.86. The molecule has 1 N–H and O–H groups in total. The maximum absolute atomic E-state index is 12.6. The number of carbonyl (C=O) groups excluding carboxylic acids is 1. The maximum atomic E-state index is 12.6. The summed E-state index contributed by atoms with van der Waals surface area (Å²) in [5, 5.41) is 16.4. The quantitative estimate of drug-likeness (QED) is 0.731. The molecule has 0 aliphatic carbocycles. The van der Waals surface area contributed by atoms with Crippen molar-refractivity contribution in [3.63, 3.8) is 0 Å². The highest BCUT2D eigenvalue weighted by Crippen LogP contribution is 2.26. The number of pyridine rings is 1. The first-order valence-corrected chi connectivity index (χ1v) is 9.00. The molecule has 8 heteroatoms. The third-order valence-electron chi connectivity index (χ3n) is 4.15. The molecular weight excluding hydrogens is 376 g/mol. The van der Waals surface area contributed by atoms with E-state index in [1.54, 1.807) is 18.2 Å². The zero-order chi connectivity index (χ0) is 20.3. The summed E-state index contributed by atoms with van der Waals surface area (Å²) in [6.07, 6.45) is 2.85. The normalized spacial score (nSPS) is 11.1. The molecule has 2 heterocycles. The number of benzene rings is 1. The van der Waals surface area contributed by atoms with Gasteiger partial charge in [0.1, 0.15) is 12.4 Å². The highest BCUT2D eigenvalue weighted by atomic mass is 35.5. The number of rotatable bonds is 4. The minimum Gasteiger partial charge on any atom is -0.345 e. The topological polar surface area (TPSA) is 96.5 Å². The van der Waals surface area contributed by atoms with Gasteiger partial charge in [-0.25, -0.2) is 9.97 Å². The Kier molecular flexibility index (Phi) is 5.43. The molecule has 1 aromatic carbocycles. The standard InChI is InChI=1S/C20H19ClN6O/c1-20(2,3)15-6-14(7-16(21)8-15)19(28)24-11-18-25-12-26-27(18)17-5-4-13(9-22)10-23-17/h4-8,10,12H,11H2,1-3H3,(H,24,28). The van der Waals surface area contributed by atoms with Crippen molar-refractivity contribution >= 4 is 17.5 Å². The average Bonchev–Trinajstić information content (AvgIpc) is 3.13. The predicted molar refractivity (Wildman–Crippen MR) is 105 cm³/mol. The van der Waals surface area contributed by atoms with Crippen molar-refractivity contribution in [3.05, 3.63) is 70.4 Å². The van der Waals surface area contributed by atoms with Gasteiger partial charge in [0.2, 0.25) is 0 Å². The van der Waals surface area contributed by atoms with Crippen molar-refractivity contribution in [2.24, 2.45) is 0 Å². The van der Waals surface area contributed by atoms with Crippen LogP contribution in [0.2, 0.25) is 5.02 Å². The van der Waals surface area contributed by atoms with E-state index < -0.39 is 0 Å². The zero-order valence-electron chi connectivity index (χ0n) is 15.8. The first kappa shape index (κ1) is 19.5. The molecule has 28 heavy (non-hydrogen) atoms. The van der Waals surface area contributed by atoms with Crippen LogP contribution in [-0.4, -0.2) is 25.7 Å². The van der Waals surface area contributed by atoms with Crippen LogP contribution < -0.4 is 5.32 Å². The summed E-state index contributed by atoms with van der Waals surface area (Å²) in [6.45, 7) is 6.35. The fourth-order valence-corrected chi connectivity index (χ4v) is 2.81. The van der Waals surface area contributed by atoms with Gasteiger partial charge in [0.15, 0.2) is 11.6 Å². The van der Waals surface area contributed by atoms with Crippen LogP contribution in [0.1, 0.15) is 48.1 Å². The molecule has 0 fully saturated rings. The van der Waals surface area contributed by atoms with Gasteiger partial charge in [-0.3, -0.25) is 4.79 Å². The van der Waals surface area contributed by atoms with E-state index >= 15 is 0 Å². The average molecular weight is 395 g/mol. The van der Waals surface area contributed by atoms with Crippen LogP contribution in [0.5, 0.6) is 0 Å². The smallest absolute Gasteiger partial charge is 0.251 e. The second kappa shape index (κ2) is 7.79. The van der Waals surface area contributed by atoms with Gasteiger partial charge in [-0.1, -0.05) is 32.4 Å². The molecule has 0 radical (unpaired) electrons. The van der Waals surface area contributed by atoms with Gasteiger partial charge in [-0.05, 0) is 41.3 Å². The monoisotopic (exact) mass is 394 g/mol. The predicted octanol–water partition coefficient (Wildman–Crippen LogP) is 3.41. The Morgan fingerprint density at radius 3 is 2.68 bits per heavy atom. The van der Waals surface area contributed by atoms with Crippen LogP contribution in [0, 0.1) is 11.3 Å². The molecule has 1 amide bonds. The highest BCUT2D eigenvalue weighted by Gasteiger charge is 2.18. The minimum atomic E-state index is -0.254. The number of hydrogen-bond acceptors (Lipinski definition) is 5. The number of hydrogen-bond donors (Lipinski definition) is 1. The van der Waals surface area contributed by atoms with Gasteiger partial charge in [-0.2, -0.15) is 15.0 Å². The fraction of sp³-hybridized carbons (Fsp3) is 0.250. The highest BCUT2D eigenvalue weighted by molar-refractivity contribution is 6.31. The molecule has 0 aliphatic heterocycles. The molecule has 0 aliphatic rings. The van der Waals surface area contributed by atoms with Crippen LogP contribution in [0.4, 0.5) is 0 Å². The second-order valence-corrected chi connectivity index (χ2v) is 7.70. The van der Waals surface area contributed by atoms with Crippen molar-refractivity contribution < 1.29 is 4.79 Å². The van der Waals surface area contributed by atoms with Crippen LogP contribution in [0.25, 0.3) is 5.82 Å². The molecule has 7 nitrogen and oxygen atoms in total.